The molecule has 0 bridgehead atoms. The van der Waals surface area contributed by atoms with E-state index in [1.807, 2.05) is 18.2 Å². The quantitative estimate of drug-likeness (QED) is 0.878. The summed E-state index contributed by atoms with van der Waals surface area (Å²) in [5.41, 5.74) is 4.64. The molecule has 0 atom stereocenters. The molecule has 1 aromatic heterocycles. The number of likely N-dealkylation sites (N-methyl/N-ethyl adjacent to an activating group) is 1. The van der Waals surface area contributed by atoms with Gasteiger partial charge in [-0.2, -0.15) is 5.10 Å². The Kier molecular flexibility index (Phi) is 2.80. The van der Waals surface area contributed by atoms with Gasteiger partial charge in [0.15, 0.2) is 0 Å². The predicted octanol–water partition coefficient (Wildman–Crippen LogP) is 2.07. The van der Waals surface area contributed by atoms with Crippen molar-refractivity contribution in [3.05, 3.63) is 35.5 Å². The Morgan fingerprint density at radius 2 is 2.17 bits per heavy atom. The van der Waals surface area contributed by atoms with Gasteiger partial charge in [-0.1, -0.05) is 12.1 Å². The minimum absolute atomic E-state index is 0.875. The van der Waals surface area contributed by atoms with Crippen molar-refractivity contribution in [1.82, 2.24) is 15.1 Å². The smallest absolute Gasteiger partial charge is 0.128 e. The molecule has 1 aromatic carbocycles. The Labute approximate surface area is 107 Å². The summed E-state index contributed by atoms with van der Waals surface area (Å²) < 4.78 is 5.42. The molecule has 2 aromatic rings. The normalized spacial score (nSPS) is 15.4. The second kappa shape index (κ2) is 4.46. The van der Waals surface area contributed by atoms with Gasteiger partial charge in [0.1, 0.15) is 11.4 Å². The number of hydrogen-bond acceptors (Lipinski definition) is 3. The lowest BCUT2D eigenvalue weighted by Crippen LogP contribution is -2.26. The van der Waals surface area contributed by atoms with E-state index < -0.39 is 0 Å². The summed E-state index contributed by atoms with van der Waals surface area (Å²) in [6.07, 6.45) is 1.04. The van der Waals surface area contributed by atoms with E-state index in [2.05, 4.69) is 28.2 Å². The number of H-pyrrole nitrogens is 1. The molecule has 4 nitrogen and oxygen atoms in total. The first-order chi connectivity index (χ1) is 8.79. The van der Waals surface area contributed by atoms with Crippen LogP contribution in [-0.4, -0.2) is 35.8 Å². The van der Waals surface area contributed by atoms with E-state index >= 15 is 0 Å². The van der Waals surface area contributed by atoms with Gasteiger partial charge in [0.25, 0.3) is 0 Å². The summed E-state index contributed by atoms with van der Waals surface area (Å²) in [6.45, 7) is 2.03. The molecule has 1 aliphatic rings. The third-order valence-electron chi connectivity index (χ3n) is 3.49. The fraction of sp³-hybridized carbons (Fsp3) is 0.357. The van der Waals surface area contributed by atoms with Gasteiger partial charge in [-0.15, -0.1) is 0 Å². The Balaban J connectivity index is 2.10. The minimum atomic E-state index is 0.875. The summed E-state index contributed by atoms with van der Waals surface area (Å²) in [5.74, 6) is 0.875. The lowest BCUT2D eigenvalue weighted by atomic mass is 10.0. The van der Waals surface area contributed by atoms with Crippen LogP contribution in [0.5, 0.6) is 5.75 Å². The summed E-state index contributed by atoms with van der Waals surface area (Å²) in [7, 11) is 3.84. The first-order valence-corrected chi connectivity index (χ1v) is 6.17. The number of aromatic nitrogens is 2. The van der Waals surface area contributed by atoms with E-state index in [4.69, 9.17) is 4.74 Å². The Morgan fingerprint density at radius 1 is 1.33 bits per heavy atom. The number of hydrogen-bond donors (Lipinski definition) is 1. The Morgan fingerprint density at radius 3 is 3.00 bits per heavy atom. The monoisotopic (exact) mass is 243 g/mol. The van der Waals surface area contributed by atoms with Gasteiger partial charge in [0.05, 0.1) is 7.11 Å². The van der Waals surface area contributed by atoms with E-state index in [1.165, 1.54) is 11.3 Å². The molecule has 0 saturated heterocycles. The van der Waals surface area contributed by atoms with E-state index in [0.717, 1.165) is 36.5 Å². The van der Waals surface area contributed by atoms with Gasteiger partial charge in [0.2, 0.25) is 0 Å². The van der Waals surface area contributed by atoms with Crippen LogP contribution < -0.4 is 4.74 Å². The minimum Gasteiger partial charge on any atom is -0.496 e. The van der Waals surface area contributed by atoms with Crippen LogP contribution in [0.4, 0.5) is 0 Å². The topological polar surface area (TPSA) is 41.1 Å². The number of benzene rings is 1. The molecule has 94 valence electrons. The largest absolute Gasteiger partial charge is 0.496 e. The molecule has 0 spiro atoms. The average molecular weight is 243 g/mol. The zero-order valence-electron chi connectivity index (χ0n) is 10.7. The fourth-order valence-electron chi connectivity index (χ4n) is 2.49. The van der Waals surface area contributed by atoms with Crippen LogP contribution in [0.25, 0.3) is 11.3 Å². The highest BCUT2D eigenvalue weighted by atomic mass is 16.5. The van der Waals surface area contributed by atoms with Crippen molar-refractivity contribution in [3.63, 3.8) is 0 Å². The maximum Gasteiger partial charge on any atom is 0.128 e. The molecule has 1 N–H and O–H groups in total. The zero-order chi connectivity index (χ0) is 12.5. The summed E-state index contributed by atoms with van der Waals surface area (Å²) >= 11 is 0. The van der Waals surface area contributed by atoms with Crippen molar-refractivity contribution in [2.75, 3.05) is 20.7 Å². The summed E-state index contributed by atoms with van der Waals surface area (Å²) in [4.78, 5) is 2.32. The highest BCUT2D eigenvalue weighted by Crippen LogP contribution is 2.33. The molecule has 3 rings (SSSR count). The molecule has 0 radical (unpaired) electrons. The highest BCUT2D eigenvalue weighted by molar-refractivity contribution is 5.70. The second-order valence-electron chi connectivity index (χ2n) is 4.72. The van der Waals surface area contributed by atoms with E-state index in [-0.39, 0.29) is 0 Å². The molecule has 0 amide bonds. The molecule has 1 aliphatic heterocycles. The van der Waals surface area contributed by atoms with Gasteiger partial charge in [-0.3, -0.25) is 5.10 Å². The van der Waals surface area contributed by atoms with Gasteiger partial charge in [-0.05, 0) is 19.2 Å². The van der Waals surface area contributed by atoms with Crippen LogP contribution in [0.2, 0.25) is 0 Å². The number of methoxy groups -OCH3 is 1. The molecule has 4 heteroatoms. The molecule has 0 unspecified atom stereocenters. The number of fused-ring (bicyclic) bond motifs is 1. The number of nitrogens with zero attached hydrogens (tertiary/aromatic N) is 2. The number of rotatable bonds is 2. The second-order valence-corrected chi connectivity index (χ2v) is 4.72. The number of ether oxygens (including phenoxy) is 1. The first kappa shape index (κ1) is 11.3. The number of nitrogens with one attached hydrogen (secondary N) is 1. The van der Waals surface area contributed by atoms with Crippen LogP contribution in [0, 0.1) is 0 Å². The van der Waals surface area contributed by atoms with Crippen molar-refractivity contribution in [2.45, 2.75) is 13.0 Å². The summed E-state index contributed by atoms with van der Waals surface area (Å²) in [5, 5.41) is 7.64. The van der Waals surface area contributed by atoms with Gasteiger partial charge in [-0.25, -0.2) is 0 Å². The van der Waals surface area contributed by atoms with Crippen molar-refractivity contribution in [2.24, 2.45) is 0 Å². The standard InChI is InChI=1S/C14H17N3O/c1-17-8-7-12-11(9-17)14(16-15-12)10-5-3-4-6-13(10)18-2/h3-6H,7-9H2,1-2H3,(H,15,16). The third kappa shape index (κ3) is 1.78. The van der Waals surface area contributed by atoms with Crippen LogP contribution in [0.15, 0.2) is 24.3 Å². The highest BCUT2D eigenvalue weighted by Gasteiger charge is 2.22. The first-order valence-electron chi connectivity index (χ1n) is 6.17. The molecule has 0 aliphatic carbocycles. The molecular formula is C14H17N3O. The lowest BCUT2D eigenvalue weighted by molar-refractivity contribution is 0.312. The van der Waals surface area contributed by atoms with Crippen molar-refractivity contribution in [3.8, 4) is 17.0 Å². The van der Waals surface area contributed by atoms with Gasteiger partial charge < -0.3 is 9.64 Å². The molecule has 2 heterocycles. The van der Waals surface area contributed by atoms with Crippen LogP contribution in [0.3, 0.4) is 0 Å². The van der Waals surface area contributed by atoms with E-state index in [9.17, 15) is 0 Å². The molecule has 0 fully saturated rings. The molecule has 18 heavy (non-hydrogen) atoms. The van der Waals surface area contributed by atoms with E-state index in [0.29, 0.717) is 0 Å². The molecule has 0 saturated carbocycles. The van der Waals surface area contributed by atoms with Crippen LogP contribution in [-0.2, 0) is 13.0 Å². The number of para-hydroxylation sites is 1. The van der Waals surface area contributed by atoms with Crippen LogP contribution >= 0.6 is 0 Å². The zero-order valence-corrected chi connectivity index (χ0v) is 10.7. The Bertz CT molecular complexity index is 562. The lowest BCUT2D eigenvalue weighted by Gasteiger charge is -2.22. The fourth-order valence-corrected chi connectivity index (χ4v) is 2.49. The average Bonchev–Trinajstić information content (AvgIpc) is 2.81. The van der Waals surface area contributed by atoms with Gasteiger partial charge >= 0.3 is 0 Å². The third-order valence-corrected chi connectivity index (χ3v) is 3.49. The maximum atomic E-state index is 5.42. The van der Waals surface area contributed by atoms with Crippen molar-refractivity contribution in [1.29, 1.82) is 0 Å². The van der Waals surface area contributed by atoms with Crippen molar-refractivity contribution < 1.29 is 4.74 Å². The van der Waals surface area contributed by atoms with Crippen molar-refractivity contribution >= 4 is 0 Å². The molecular weight excluding hydrogens is 226 g/mol. The van der Waals surface area contributed by atoms with Crippen LogP contribution in [0.1, 0.15) is 11.3 Å². The SMILES string of the molecule is COc1ccccc1-c1n[nH]c2c1CN(C)CC2. The predicted molar refractivity (Wildman–Crippen MR) is 70.6 cm³/mol. The van der Waals surface area contributed by atoms with E-state index in [1.54, 1.807) is 7.11 Å². The Hall–Kier alpha value is -1.81. The van der Waals surface area contributed by atoms with Gasteiger partial charge in [0, 0.05) is 36.3 Å². The number of aromatic amines is 1. The summed E-state index contributed by atoms with van der Waals surface area (Å²) in [6, 6.07) is 8.03. The maximum absolute atomic E-state index is 5.42.